The second-order valence-electron chi connectivity index (χ2n) is 5.04. The molecule has 6 nitrogen and oxygen atoms in total. The van der Waals surface area contributed by atoms with Crippen LogP contribution in [-0.2, 0) is 0 Å². The van der Waals surface area contributed by atoms with Crippen LogP contribution in [0.4, 0.5) is 0 Å². The van der Waals surface area contributed by atoms with Gasteiger partial charge in [0.1, 0.15) is 5.65 Å². The fourth-order valence-corrected chi connectivity index (χ4v) is 2.88. The molecule has 2 aromatic heterocycles. The second kappa shape index (κ2) is 6.01. The van der Waals surface area contributed by atoms with Gasteiger partial charge in [-0.2, -0.15) is 0 Å². The largest absolute Gasteiger partial charge is 0.395 e. The molecular formula is C14H17ClN4O2. The first-order valence-corrected chi connectivity index (χ1v) is 7.33. The van der Waals surface area contributed by atoms with Gasteiger partial charge in [0.15, 0.2) is 10.8 Å². The molecule has 7 heteroatoms. The summed E-state index contributed by atoms with van der Waals surface area (Å²) in [6.07, 6.45) is 1.80. The van der Waals surface area contributed by atoms with Crippen molar-refractivity contribution >= 4 is 23.2 Å². The van der Waals surface area contributed by atoms with Crippen LogP contribution in [0.1, 0.15) is 10.5 Å². The second-order valence-corrected chi connectivity index (χ2v) is 5.40. The van der Waals surface area contributed by atoms with Gasteiger partial charge in [-0.25, -0.2) is 4.98 Å². The minimum atomic E-state index is -0.0950. The minimum absolute atomic E-state index is 0.0950. The van der Waals surface area contributed by atoms with Gasteiger partial charge >= 0.3 is 0 Å². The van der Waals surface area contributed by atoms with Crippen molar-refractivity contribution in [3.05, 3.63) is 35.2 Å². The zero-order valence-electron chi connectivity index (χ0n) is 11.6. The van der Waals surface area contributed by atoms with Crippen LogP contribution in [0.3, 0.4) is 0 Å². The first kappa shape index (κ1) is 14.3. The molecule has 2 aromatic rings. The van der Waals surface area contributed by atoms with E-state index in [0.29, 0.717) is 31.0 Å². The van der Waals surface area contributed by atoms with E-state index in [1.807, 2.05) is 18.2 Å². The Morgan fingerprint density at radius 3 is 2.76 bits per heavy atom. The first-order valence-electron chi connectivity index (χ1n) is 6.96. The number of nitrogens with zero attached hydrogens (tertiary/aromatic N) is 4. The molecule has 0 aromatic carbocycles. The van der Waals surface area contributed by atoms with Crippen LogP contribution in [0.15, 0.2) is 24.4 Å². The maximum absolute atomic E-state index is 12.7. The molecular weight excluding hydrogens is 292 g/mol. The molecule has 0 atom stereocenters. The Hall–Kier alpha value is -1.63. The number of pyridine rings is 1. The molecule has 0 aliphatic carbocycles. The summed E-state index contributed by atoms with van der Waals surface area (Å²) in [5, 5.41) is 9.19. The predicted molar refractivity (Wildman–Crippen MR) is 79.6 cm³/mol. The monoisotopic (exact) mass is 308 g/mol. The Balaban J connectivity index is 1.80. The third-order valence-electron chi connectivity index (χ3n) is 3.77. The molecule has 3 rings (SSSR count). The molecule has 112 valence electrons. The van der Waals surface area contributed by atoms with Crippen LogP contribution in [0.25, 0.3) is 5.65 Å². The highest BCUT2D eigenvalue weighted by molar-refractivity contribution is 6.32. The van der Waals surface area contributed by atoms with Gasteiger partial charge < -0.3 is 10.0 Å². The lowest BCUT2D eigenvalue weighted by molar-refractivity contribution is 0.0608. The van der Waals surface area contributed by atoms with Crippen LogP contribution in [0.5, 0.6) is 0 Å². The lowest BCUT2D eigenvalue weighted by atomic mass is 10.3. The van der Waals surface area contributed by atoms with E-state index in [9.17, 15) is 4.79 Å². The average molecular weight is 309 g/mol. The summed E-state index contributed by atoms with van der Waals surface area (Å²) in [6, 6.07) is 5.53. The summed E-state index contributed by atoms with van der Waals surface area (Å²) in [5.74, 6) is -0.0950. The number of piperazine rings is 1. The van der Waals surface area contributed by atoms with Crippen molar-refractivity contribution < 1.29 is 9.90 Å². The molecule has 0 spiro atoms. The lowest BCUT2D eigenvalue weighted by Gasteiger charge is -2.34. The van der Waals surface area contributed by atoms with Gasteiger partial charge in [0.25, 0.3) is 5.91 Å². The summed E-state index contributed by atoms with van der Waals surface area (Å²) in [5.41, 5.74) is 1.09. The summed E-state index contributed by atoms with van der Waals surface area (Å²) in [6.45, 7) is 3.59. The Bertz CT molecular complexity index is 649. The first-order chi connectivity index (χ1) is 10.2. The van der Waals surface area contributed by atoms with Gasteiger partial charge in [-0.15, -0.1) is 0 Å². The van der Waals surface area contributed by atoms with Crippen molar-refractivity contribution in [1.29, 1.82) is 0 Å². The van der Waals surface area contributed by atoms with Crippen molar-refractivity contribution in [3.8, 4) is 0 Å². The zero-order chi connectivity index (χ0) is 14.8. The molecule has 0 bridgehead atoms. The number of imidazole rings is 1. The van der Waals surface area contributed by atoms with Gasteiger partial charge in [0.05, 0.1) is 6.61 Å². The summed E-state index contributed by atoms with van der Waals surface area (Å²) in [7, 11) is 0. The molecule has 1 fully saturated rings. The Morgan fingerprint density at radius 2 is 2.05 bits per heavy atom. The maximum Gasteiger partial charge on any atom is 0.274 e. The van der Waals surface area contributed by atoms with Crippen molar-refractivity contribution in [3.63, 3.8) is 0 Å². The number of aliphatic hydroxyl groups excluding tert-OH is 1. The van der Waals surface area contributed by atoms with E-state index in [0.717, 1.165) is 13.1 Å². The van der Waals surface area contributed by atoms with E-state index in [1.165, 1.54) is 0 Å². The fourth-order valence-electron chi connectivity index (χ4n) is 2.62. The van der Waals surface area contributed by atoms with Gasteiger partial charge in [-0.3, -0.25) is 14.1 Å². The average Bonchev–Trinajstić information content (AvgIpc) is 2.83. The number of carbonyl (C=O) groups excluding carboxylic acids is 1. The number of hydrogen-bond donors (Lipinski definition) is 1. The number of hydrogen-bond acceptors (Lipinski definition) is 4. The Kier molecular flexibility index (Phi) is 4.10. The number of rotatable bonds is 3. The highest BCUT2D eigenvalue weighted by Gasteiger charge is 2.26. The molecule has 0 unspecified atom stereocenters. The van der Waals surface area contributed by atoms with E-state index in [-0.39, 0.29) is 17.7 Å². The quantitative estimate of drug-likeness (QED) is 0.908. The number of carbonyl (C=O) groups is 1. The number of amides is 1. The standard InChI is InChI=1S/C14H17ClN4O2/c15-13-12(19-4-2-1-3-11(19)16-13)14(21)18-7-5-17(6-8-18)9-10-20/h1-4,20H,5-10H2. The van der Waals surface area contributed by atoms with Crippen molar-refractivity contribution in [1.82, 2.24) is 19.2 Å². The molecule has 0 radical (unpaired) electrons. The molecule has 0 saturated carbocycles. The zero-order valence-corrected chi connectivity index (χ0v) is 12.3. The van der Waals surface area contributed by atoms with Crippen LogP contribution < -0.4 is 0 Å². The third-order valence-corrected chi connectivity index (χ3v) is 4.03. The molecule has 1 saturated heterocycles. The van der Waals surface area contributed by atoms with Crippen molar-refractivity contribution in [2.45, 2.75) is 0 Å². The van der Waals surface area contributed by atoms with Crippen LogP contribution >= 0.6 is 11.6 Å². The minimum Gasteiger partial charge on any atom is -0.395 e. The molecule has 1 N–H and O–H groups in total. The van der Waals surface area contributed by atoms with Gasteiger partial charge in [-0.05, 0) is 12.1 Å². The van der Waals surface area contributed by atoms with E-state index >= 15 is 0 Å². The smallest absolute Gasteiger partial charge is 0.274 e. The van der Waals surface area contributed by atoms with Crippen molar-refractivity contribution in [2.24, 2.45) is 0 Å². The summed E-state index contributed by atoms with van der Waals surface area (Å²) in [4.78, 5) is 20.8. The van der Waals surface area contributed by atoms with Crippen LogP contribution in [-0.4, -0.2) is 69.5 Å². The van der Waals surface area contributed by atoms with Crippen LogP contribution in [0, 0.1) is 0 Å². The number of fused-ring (bicyclic) bond motifs is 1. The van der Waals surface area contributed by atoms with Gasteiger partial charge in [0, 0.05) is 38.9 Å². The predicted octanol–water partition coefficient (Wildman–Crippen LogP) is 0.738. The SMILES string of the molecule is O=C(c1c(Cl)nc2ccccn12)N1CCN(CCO)CC1. The maximum atomic E-state index is 12.7. The number of β-amino-alcohol motifs (C(OH)–C–C–N with tert-alkyl or cyclic N) is 1. The van der Waals surface area contributed by atoms with E-state index in [2.05, 4.69) is 9.88 Å². The highest BCUT2D eigenvalue weighted by atomic mass is 35.5. The molecule has 21 heavy (non-hydrogen) atoms. The topological polar surface area (TPSA) is 61.1 Å². The summed E-state index contributed by atoms with van der Waals surface area (Å²) < 4.78 is 1.73. The van der Waals surface area contributed by atoms with Gasteiger partial charge in [-0.1, -0.05) is 17.7 Å². The fraction of sp³-hybridized carbons (Fsp3) is 0.429. The summed E-state index contributed by atoms with van der Waals surface area (Å²) >= 11 is 6.14. The van der Waals surface area contributed by atoms with E-state index in [4.69, 9.17) is 16.7 Å². The van der Waals surface area contributed by atoms with E-state index in [1.54, 1.807) is 15.5 Å². The molecule has 1 amide bonds. The number of aliphatic hydroxyl groups is 1. The Morgan fingerprint density at radius 1 is 1.29 bits per heavy atom. The number of aromatic nitrogens is 2. The highest BCUT2D eigenvalue weighted by Crippen LogP contribution is 2.20. The normalized spacial score (nSPS) is 16.6. The molecule has 1 aliphatic rings. The lowest BCUT2D eigenvalue weighted by Crippen LogP contribution is -2.49. The number of halogens is 1. The molecule has 1 aliphatic heterocycles. The van der Waals surface area contributed by atoms with E-state index < -0.39 is 0 Å². The third kappa shape index (κ3) is 2.74. The van der Waals surface area contributed by atoms with Crippen molar-refractivity contribution in [2.75, 3.05) is 39.3 Å². The van der Waals surface area contributed by atoms with Gasteiger partial charge in [0.2, 0.25) is 0 Å². The Labute approximate surface area is 127 Å². The molecule has 3 heterocycles. The van der Waals surface area contributed by atoms with Crippen LogP contribution in [0.2, 0.25) is 5.15 Å².